The van der Waals surface area contributed by atoms with Crippen molar-refractivity contribution in [2.45, 2.75) is 6.92 Å². The standard InChI is InChI=1S/C24H18O7/c1-13-3-5-14(6-4-13)21(25)17-11-18(20(24(29)30)12-19(17)23(27)28)22(26)15-7-9-16(31-2)10-8-15/h3-12H,1-2H3,(H,27,28)(H,29,30). The summed E-state index contributed by atoms with van der Waals surface area (Å²) in [6.45, 7) is 1.84. The Kier molecular flexibility index (Phi) is 5.97. The number of carboxylic acid groups (broad SMARTS) is 2. The summed E-state index contributed by atoms with van der Waals surface area (Å²) in [5.74, 6) is -3.73. The Balaban J connectivity index is 2.19. The normalized spacial score (nSPS) is 10.4. The Hall–Kier alpha value is -4.26. The Morgan fingerprint density at radius 2 is 1.03 bits per heavy atom. The third-order valence-electron chi connectivity index (χ3n) is 4.77. The molecular weight excluding hydrogens is 400 g/mol. The molecule has 0 amide bonds. The number of benzene rings is 3. The quantitative estimate of drug-likeness (QED) is 0.559. The minimum Gasteiger partial charge on any atom is -0.497 e. The molecule has 156 valence electrons. The van der Waals surface area contributed by atoms with Gasteiger partial charge in [-0.15, -0.1) is 0 Å². The van der Waals surface area contributed by atoms with Crippen LogP contribution in [0.2, 0.25) is 0 Å². The summed E-state index contributed by atoms with van der Waals surface area (Å²) in [5, 5.41) is 19.1. The van der Waals surface area contributed by atoms with Gasteiger partial charge in [-0.2, -0.15) is 0 Å². The predicted molar refractivity (Wildman–Crippen MR) is 111 cm³/mol. The third-order valence-corrected chi connectivity index (χ3v) is 4.77. The Morgan fingerprint density at radius 3 is 1.42 bits per heavy atom. The molecule has 0 unspecified atom stereocenters. The van der Waals surface area contributed by atoms with Crippen molar-refractivity contribution in [2.75, 3.05) is 7.11 Å². The predicted octanol–water partition coefficient (Wildman–Crippen LogP) is 3.86. The van der Waals surface area contributed by atoms with Gasteiger partial charge >= 0.3 is 11.9 Å². The minimum atomic E-state index is -1.48. The lowest BCUT2D eigenvalue weighted by Gasteiger charge is -2.12. The number of hydrogen-bond acceptors (Lipinski definition) is 5. The molecule has 0 bridgehead atoms. The molecule has 0 fully saturated rings. The fraction of sp³-hybridized carbons (Fsp3) is 0.0833. The SMILES string of the molecule is COc1ccc(C(=O)c2cc(C(=O)c3ccc(C)cc3)c(C(=O)O)cc2C(=O)O)cc1. The van der Waals surface area contributed by atoms with Crippen molar-refractivity contribution >= 4 is 23.5 Å². The van der Waals surface area contributed by atoms with E-state index in [4.69, 9.17) is 4.74 Å². The second kappa shape index (κ2) is 8.62. The molecule has 0 saturated carbocycles. The topological polar surface area (TPSA) is 118 Å². The molecule has 3 aromatic rings. The molecule has 0 spiro atoms. The molecule has 0 heterocycles. The molecule has 0 atom stereocenters. The lowest BCUT2D eigenvalue weighted by atomic mass is 9.89. The number of ether oxygens (including phenoxy) is 1. The van der Waals surface area contributed by atoms with Crippen LogP contribution in [0.3, 0.4) is 0 Å². The molecule has 7 heteroatoms. The first-order valence-corrected chi connectivity index (χ1v) is 9.17. The number of carbonyl (C=O) groups excluding carboxylic acids is 2. The van der Waals surface area contributed by atoms with Crippen molar-refractivity contribution in [2.24, 2.45) is 0 Å². The van der Waals surface area contributed by atoms with Crippen molar-refractivity contribution < 1.29 is 34.1 Å². The smallest absolute Gasteiger partial charge is 0.336 e. The van der Waals surface area contributed by atoms with E-state index >= 15 is 0 Å². The maximum absolute atomic E-state index is 13.0. The first kappa shape index (κ1) is 21.4. The van der Waals surface area contributed by atoms with Gasteiger partial charge in [-0.25, -0.2) is 9.59 Å². The number of hydrogen-bond donors (Lipinski definition) is 2. The van der Waals surface area contributed by atoms with Gasteiger partial charge in [0.1, 0.15) is 5.75 Å². The summed E-state index contributed by atoms with van der Waals surface area (Å²) in [7, 11) is 1.47. The van der Waals surface area contributed by atoms with E-state index in [0.29, 0.717) is 5.75 Å². The molecule has 0 aliphatic carbocycles. The van der Waals surface area contributed by atoms with Crippen LogP contribution in [0.1, 0.15) is 58.1 Å². The molecule has 7 nitrogen and oxygen atoms in total. The fourth-order valence-electron chi connectivity index (χ4n) is 3.09. The highest BCUT2D eigenvalue weighted by molar-refractivity contribution is 6.19. The monoisotopic (exact) mass is 418 g/mol. The van der Waals surface area contributed by atoms with E-state index in [1.807, 2.05) is 6.92 Å². The highest BCUT2D eigenvalue weighted by atomic mass is 16.5. The van der Waals surface area contributed by atoms with Gasteiger partial charge in [0.15, 0.2) is 11.6 Å². The van der Waals surface area contributed by atoms with E-state index in [0.717, 1.165) is 17.7 Å². The van der Waals surface area contributed by atoms with Crippen LogP contribution in [0.5, 0.6) is 5.75 Å². The first-order valence-electron chi connectivity index (χ1n) is 9.17. The lowest BCUT2D eigenvalue weighted by molar-refractivity contribution is 0.0690. The number of aromatic carboxylic acids is 2. The molecule has 0 aliphatic rings. The maximum atomic E-state index is 13.0. The first-order chi connectivity index (χ1) is 14.7. The van der Waals surface area contributed by atoms with Crippen molar-refractivity contribution in [3.05, 3.63) is 99.6 Å². The van der Waals surface area contributed by atoms with E-state index < -0.39 is 34.6 Å². The number of methoxy groups -OCH3 is 1. The second-order valence-corrected chi connectivity index (χ2v) is 6.81. The van der Waals surface area contributed by atoms with E-state index in [9.17, 15) is 29.4 Å². The van der Waals surface area contributed by atoms with Gasteiger partial charge in [0.05, 0.1) is 18.2 Å². The van der Waals surface area contributed by atoms with Crippen LogP contribution in [0.15, 0.2) is 60.7 Å². The zero-order chi connectivity index (χ0) is 22.7. The van der Waals surface area contributed by atoms with Crippen LogP contribution < -0.4 is 4.74 Å². The molecule has 3 rings (SSSR count). The minimum absolute atomic E-state index is 0.167. The summed E-state index contributed by atoms with van der Waals surface area (Å²) in [5.41, 5.74) is -0.241. The molecule has 0 aromatic heterocycles. The summed E-state index contributed by atoms with van der Waals surface area (Å²) in [6.07, 6.45) is 0. The van der Waals surface area contributed by atoms with Crippen LogP contribution in [0.4, 0.5) is 0 Å². The molecule has 2 N–H and O–H groups in total. The van der Waals surface area contributed by atoms with Crippen LogP contribution in [-0.4, -0.2) is 40.8 Å². The Morgan fingerprint density at radius 1 is 0.645 bits per heavy atom. The van der Waals surface area contributed by atoms with Crippen LogP contribution in [0.25, 0.3) is 0 Å². The van der Waals surface area contributed by atoms with Crippen molar-refractivity contribution in [3.8, 4) is 5.75 Å². The summed E-state index contributed by atoms with van der Waals surface area (Å²) in [6, 6.07) is 14.4. The maximum Gasteiger partial charge on any atom is 0.336 e. The highest BCUT2D eigenvalue weighted by Gasteiger charge is 2.26. The molecule has 0 radical (unpaired) electrons. The number of aryl methyl sites for hydroxylation is 1. The van der Waals surface area contributed by atoms with E-state index in [-0.39, 0.29) is 22.3 Å². The Bertz CT molecular complexity index is 1190. The van der Waals surface area contributed by atoms with Crippen molar-refractivity contribution in [3.63, 3.8) is 0 Å². The largest absolute Gasteiger partial charge is 0.497 e. The molecule has 3 aromatic carbocycles. The number of carbonyl (C=O) groups is 4. The third kappa shape index (κ3) is 4.35. The van der Waals surface area contributed by atoms with Gasteiger partial charge in [0.25, 0.3) is 0 Å². The zero-order valence-corrected chi connectivity index (χ0v) is 16.7. The van der Waals surface area contributed by atoms with E-state index in [1.54, 1.807) is 24.3 Å². The summed E-state index contributed by atoms with van der Waals surface area (Å²) in [4.78, 5) is 49.6. The molecule has 31 heavy (non-hydrogen) atoms. The highest BCUT2D eigenvalue weighted by Crippen LogP contribution is 2.24. The number of ketones is 2. The van der Waals surface area contributed by atoms with Crippen LogP contribution >= 0.6 is 0 Å². The molecular formula is C24H18O7. The second-order valence-electron chi connectivity index (χ2n) is 6.81. The van der Waals surface area contributed by atoms with Gasteiger partial charge in [-0.1, -0.05) is 29.8 Å². The van der Waals surface area contributed by atoms with Crippen molar-refractivity contribution in [1.29, 1.82) is 0 Å². The van der Waals surface area contributed by atoms with Gasteiger partial charge in [0, 0.05) is 22.3 Å². The van der Waals surface area contributed by atoms with Crippen LogP contribution in [-0.2, 0) is 0 Å². The Labute approximate surface area is 177 Å². The van der Waals surface area contributed by atoms with E-state index in [2.05, 4.69) is 0 Å². The summed E-state index contributed by atoms with van der Waals surface area (Å²) >= 11 is 0. The molecule has 0 saturated heterocycles. The van der Waals surface area contributed by atoms with Gasteiger partial charge < -0.3 is 14.9 Å². The lowest BCUT2D eigenvalue weighted by Crippen LogP contribution is -2.17. The van der Waals surface area contributed by atoms with E-state index in [1.165, 1.54) is 31.4 Å². The van der Waals surface area contributed by atoms with Gasteiger partial charge in [-0.3, -0.25) is 9.59 Å². The summed E-state index contributed by atoms with van der Waals surface area (Å²) < 4.78 is 5.05. The van der Waals surface area contributed by atoms with Gasteiger partial charge in [-0.05, 0) is 43.3 Å². The fourth-order valence-corrected chi connectivity index (χ4v) is 3.09. The van der Waals surface area contributed by atoms with Crippen LogP contribution in [0, 0.1) is 6.92 Å². The average Bonchev–Trinajstić information content (AvgIpc) is 2.77. The van der Waals surface area contributed by atoms with Crippen molar-refractivity contribution in [1.82, 2.24) is 0 Å². The number of rotatable bonds is 7. The average molecular weight is 418 g/mol. The van der Waals surface area contributed by atoms with Gasteiger partial charge in [0.2, 0.25) is 0 Å². The zero-order valence-electron chi connectivity index (χ0n) is 16.7. The number of carboxylic acids is 2. The molecule has 0 aliphatic heterocycles.